The number of amides is 1. The number of benzene rings is 2. The van der Waals surface area contributed by atoms with Gasteiger partial charge in [0.25, 0.3) is 0 Å². The van der Waals surface area contributed by atoms with E-state index in [4.69, 9.17) is 21.1 Å². The summed E-state index contributed by atoms with van der Waals surface area (Å²) < 4.78 is 53.2. The minimum absolute atomic E-state index is 0.0300. The molecular weight excluding hydrogens is 591 g/mol. The van der Waals surface area contributed by atoms with Crippen molar-refractivity contribution in [2.75, 3.05) is 24.1 Å². The lowest BCUT2D eigenvalue weighted by molar-refractivity contribution is -0.859. The monoisotopic (exact) mass is 623 g/mol. The summed E-state index contributed by atoms with van der Waals surface area (Å²) in [4.78, 5) is 39.0. The molecule has 2 aliphatic rings. The van der Waals surface area contributed by atoms with E-state index in [-0.39, 0.29) is 48.9 Å². The van der Waals surface area contributed by atoms with Crippen LogP contribution in [0.5, 0.6) is 0 Å². The average molecular weight is 624 g/mol. The Bertz CT molecular complexity index is 1470. The van der Waals surface area contributed by atoms with Gasteiger partial charge in [0, 0.05) is 12.8 Å². The Hall–Kier alpha value is -3.48. The molecule has 2 aromatic carbocycles. The largest absolute Gasteiger partial charge is 0.515 e. The standard InChI is InChI=1S/C29H32ClFN2O8S/c1-2-40-27(34)22-11-6-7-13-26(22)42(38,39)32(24-15-14-21(31)17-23(24)30)19-33(29(36)37)16-8-12-25(33)28(35)41-18-20-9-4-3-5-10-20/h3-5,9-11,14-15,17,25-26H,2,6-8,12-13,16,18-19H2,1H3/p+1/t25-,26?,33?/m0/s1. The summed E-state index contributed by atoms with van der Waals surface area (Å²) in [5.41, 5.74) is 0.470. The molecule has 1 heterocycles. The molecule has 1 aliphatic carbocycles. The number of hydrogen-bond donors (Lipinski definition) is 1. The van der Waals surface area contributed by atoms with Crippen LogP contribution in [-0.2, 0) is 35.7 Å². The van der Waals surface area contributed by atoms with E-state index in [1.54, 1.807) is 37.3 Å². The smallest absolute Gasteiger partial charge is 0.463 e. The number of hydrogen-bond acceptors (Lipinski definition) is 7. The highest BCUT2D eigenvalue weighted by molar-refractivity contribution is 7.93. The fraction of sp³-hybridized carbons (Fsp3) is 0.414. The van der Waals surface area contributed by atoms with Gasteiger partial charge in [0.15, 0.2) is 12.7 Å². The normalized spacial score (nSPS) is 22.2. The zero-order chi connectivity index (χ0) is 30.5. The van der Waals surface area contributed by atoms with Gasteiger partial charge in [-0.25, -0.2) is 26.7 Å². The number of allylic oxidation sites excluding steroid dienone is 1. The average Bonchev–Trinajstić information content (AvgIpc) is 3.41. The lowest BCUT2D eigenvalue weighted by Gasteiger charge is -2.39. The molecule has 3 atom stereocenters. The highest BCUT2D eigenvalue weighted by Crippen LogP contribution is 2.38. The van der Waals surface area contributed by atoms with Crippen LogP contribution in [0.1, 0.15) is 44.6 Å². The van der Waals surface area contributed by atoms with E-state index < -0.39 is 56.3 Å². The summed E-state index contributed by atoms with van der Waals surface area (Å²) in [7, 11) is -4.56. The van der Waals surface area contributed by atoms with Gasteiger partial charge in [0.1, 0.15) is 17.7 Å². The van der Waals surface area contributed by atoms with Crippen LogP contribution in [0.3, 0.4) is 0 Å². The van der Waals surface area contributed by atoms with Crippen molar-refractivity contribution in [3.8, 4) is 0 Å². The molecule has 1 aliphatic heterocycles. The number of halogens is 2. The molecule has 0 spiro atoms. The number of carbonyl (C=O) groups is 3. The molecule has 0 aromatic heterocycles. The molecule has 42 heavy (non-hydrogen) atoms. The van der Waals surface area contributed by atoms with Crippen molar-refractivity contribution in [1.29, 1.82) is 0 Å². The SMILES string of the molecule is CCOC(=O)C1=CCCCC1S(=O)(=O)N(C[N+]1(C(=O)O)CCC[C@H]1C(=O)OCc1ccccc1)c1ccc(F)cc1Cl. The maximum atomic E-state index is 14.4. The van der Waals surface area contributed by atoms with Crippen molar-refractivity contribution in [3.05, 3.63) is 76.6 Å². The van der Waals surface area contributed by atoms with E-state index in [1.165, 1.54) is 6.08 Å². The zero-order valence-corrected chi connectivity index (χ0v) is 24.7. The molecule has 0 saturated carbocycles. The third-order valence-electron chi connectivity index (χ3n) is 7.63. The molecule has 2 unspecified atom stereocenters. The van der Waals surface area contributed by atoms with Crippen LogP contribution in [0, 0.1) is 5.82 Å². The van der Waals surface area contributed by atoms with E-state index in [0.29, 0.717) is 24.8 Å². The first kappa shape index (κ1) is 31.5. The Morgan fingerprint density at radius 2 is 1.83 bits per heavy atom. The summed E-state index contributed by atoms with van der Waals surface area (Å²) in [5.74, 6) is -2.30. The fourth-order valence-corrected chi connectivity index (χ4v) is 7.92. The molecule has 0 radical (unpaired) electrons. The first-order chi connectivity index (χ1) is 20.0. The van der Waals surface area contributed by atoms with E-state index in [9.17, 15) is 32.3 Å². The molecular formula is C29H33ClFN2O8S+. The molecule has 1 fully saturated rings. The van der Waals surface area contributed by atoms with Gasteiger partial charge in [-0.1, -0.05) is 48.0 Å². The van der Waals surface area contributed by atoms with Gasteiger partial charge in [-0.3, -0.25) is 0 Å². The van der Waals surface area contributed by atoms with Crippen LogP contribution < -0.4 is 4.31 Å². The number of ether oxygens (including phenoxy) is 2. The second-order valence-electron chi connectivity index (χ2n) is 10.2. The van der Waals surface area contributed by atoms with Crippen LogP contribution in [-0.4, -0.2) is 67.2 Å². The second kappa shape index (κ2) is 13.2. The quantitative estimate of drug-likeness (QED) is 0.289. The van der Waals surface area contributed by atoms with E-state index in [2.05, 4.69) is 0 Å². The van der Waals surface area contributed by atoms with Crippen molar-refractivity contribution in [3.63, 3.8) is 0 Å². The maximum Gasteiger partial charge on any atom is 0.515 e. The fourth-order valence-electron chi connectivity index (χ4n) is 5.52. The number of esters is 2. The van der Waals surface area contributed by atoms with Crippen LogP contribution in [0.15, 0.2) is 60.2 Å². The number of likely N-dealkylation sites (tertiary alicyclic amines) is 1. The van der Waals surface area contributed by atoms with E-state index in [1.807, 2.05) is 0 Å². The Balaban J connectivity index is 1.76. The van der Waals surface area contributed by atoms with Gasteiger partial charge in [0.2, 0.25) is 10.0 Å². The topological polar surface area (TPSA) is 127 Å². The van der Waals surface area contributed by atoms with Crippen molar-refractivity contribution in [2.45, 2.75) is 56.9 Å². The Labute approximate surface area is 248 Å². The summed E-state index contributed by atoms with van der Waals surface area (Å²) in [6, 6.07) is 10.7. The van der Waals surface area contributed by atoms with Crippen molar-refractivity contribution >= 4 is 45.3 Å². The summed E-state index contributed by atoms with van der Waals surface area (Å²) in [5, 5.41) is 8.88. The van der Waals surface area contributed by atoms with E-state index >= 15 is 0 Å². The Morgan fingerprint density at radius 3 is 2.50 bits per heavy atom. The predicted octanol–water partition coefficient (Wildman–Crippen LogP) is 5.02. The highest BCUT2D eigenvalue weighted by atomic mass is 35.5. The third-order valence-corrected chi connectivity index (χ3v) is 10.1. The number of quaternary nitrogens is 1. The minimum Gasteiger partial charge on any atom is -0.463 e. The number of carbonyl (C=O) groups excluding carboxylic acids is 2. The highest BCUT2D eigenvalue weighted by Gasteiger charge is 2.56. The molecule has 1 amide bonds. The summed E-state index contributed by atoms with van der Waals surface area (Å²) in [6.07, 6.45) is 1.50. The van der Waals surface area contributed by atoms with Gasteiger partial charge >= 0.3 is 18.0 Å². The van der Waals surface area contributed by atoms with Gasteiger partial charge in [0.05, 0.1) is 29.4 Å². The maximum absolute atomic E-state index is 14.4. The third kappa shape index (κ3) is 6.45. The Kier molecular flexibility index (Phi) is 9.90. The van der Waals surface area contributed by atoms with Gasteiger partial charge in [-0.05, 0) is 49.9 Å². The van der Waals surface area contributed by atoms with Gasteiger partial charge < -0.3 is 14.6 Å². The molecule has 0 bridgehead atoms. The zero-order valence-electron chi connectivity index (χ0n) is 23.1. The van der Waals surface area contributed by atoms with Crippen LogP contribution in [0.4, 0.5) is 14.9 Å². The molecule has 226 valence electrons. The molecule has 10 nitrogen and oxygen atoms in total. The van der Waals surface area contributed by atoms with Gasteiger partial charge in [-0.2, -0.15) is 9.28 Å². The minimum atomic E-state index is -4.56. The molecule has 1 saturated heterocycles. The van der Waals surface area contributed by atoms with Gasteiger partial charge in [-0.15, -0.1) is 0 Å². The Morgan fingerprint density at radius 1 is 1.10 bits per heavy atom. The summed E-state index contributed by atoms with van der Waals surface area (Å²) in [6.45, 7) is 0.734. The van der Waals surface area contributed by atoms with Crippen LogP contribution >= 0.6 is 11.6 Å². The van der Waals surface area contributed by atoms with Crippen molar-refractivity contribution < 1.29 is 46.3 Å². The molecule has 4 rings (SSSR count). The van der Waals surface area contributed by atoms with E-state index in [0.717, 1.165) is 22.5 Å². The molecule has 13 heteroatoms. The second-order valence-corrected chi connectivity index (χ2v) is 12.7. The number of rotatable bonds is 10. The lowest BCUT2D eigenvalue weighted by Crippen LogP contribution is -2.64. The first-order valence-corrected chi connectivity index (χ1v) is 15.5. The first-order valence-electron chi connectivity index (χ1n) is 13.7. The van der Waals surface area contributed by atoms with Crippen LogP contribution in [0.2, 0.25) is 5.02 Å². The predicted molar refractivity (Wildman–Crippen MR) is 152 cm³/mol. The number of sulfonamides is 1. The van der Waals surface area contributed by atoms with Crippen molar-refractivity contribution in [1.82, 2.24) is 0 Å². The number of nitrogens with zero attached hydrogens (tertiary/aromatic N) is 2. The number of carboxylic acid groups (broad SMARTS) is 1. The lowest BCUT2D eigenvalue weighted by atomic mass is 9.99. The molecule has 2 aromatic rings. The summed E-state index contributed by atoms with van der Waals surface area (Å²) >= 11 is 6.35. The van der Waals surface area contributed by atoms with Crippen molar-refractivity contribution in [2.24, 2.45) is 0 Å². The van der Waals surface area contributed by atoms with Crippen LogP contribution in [0.25, 0.3) is 0 Å². The number of anilines is 1. The molecule has 1 N–H and O–H groups in total.